The van der Waals surface area contributed by atoms with E-state index in [1.165, 1.54) is 0 Å². The van der Waals surface area contributed by atoms with E-state index in [0.29, 0.717) is 5.75 Å². The molecule has 0 spiro atoms. The molecule has 0 saturated carbocycles. The van der Waals surface area contributed by atoms with Crippen LogP contribution in [-0.4, -0.2) is 42.4 Å². The topological polar surface area (TPSA) is 41.9 Å². The molecular weight excluding hydrogens is 230 g/mol. The summed E-state index contributed by atoms with van der Waals surface area (Å²) in [7, 11) is 1.57. The molecule has 2 rings (SSSR count). The van der Waals surface area contributed by atoms with Crippen molar-refractivity contribution in [2.24, 2.45) is 0 Å². The molecule has 1 aromatic carbocycles. The SMILES string of the molecule is COc1cccc(CN2C[C@@H](C)O[C@@H](C)C2)c1O. The van der Waals surface area contributed by atoms with Crippen molar-refractivity contribution in [3.05, 3.63) is 23.8 Å². The van der Waals surface area contributed by atoms with E-state index in [1.807, 2.05) is 12.1 Å². The summed E-state index contributed by atoms with van der Waals surface area (Å²) < 4.78 is 10.8. The fourth-order valence-corrected chi connectivity index (χ4v) is 2.51. The van der Waals surface area contributed by atoms with Crippen LogP contribution in [0.5, 0.6) is 11.5 Å². The minimum absolute atomic E-state index is 0.238. The zero-order chi connectivity index (χ0) is 13.1. The molecule has 0 aromatic heterocycles. The summed E-state index contributed by atoms with van der Waals surface area (Å²) in [5.41, 5.74) is 0.899. The van der Waals surface area contributed by atoms with E-state index < -0.39 is 0 Å². The van der Waals surface area contributed by atoms with Crippen LogP contribution in [-0.2, 0) is 11.3 Å². The van der Waals surface area contributed by atoms with Gasteiger partial charge in [-0.2, -0.15) is 0 Å². The van der Waals surface area contributed by atoms with Gasteiger partial charge in [-0.1, -0.05) is 12.1 Å². The Kier molecular flexibility index (Phi) is 4.09. The van der Waals surface area contributed by atoms with Gasteiger partial charge in [-0.05, 0) is 19.9 Å². The maximum Gasteiger partial charge on any atom is 0.162 e. The molecule has 1 aliphatic heterocycles. The Hall–Kier alpha value is -1.26. The van der Waals surface area contributed by atoms with Gasteiger partial charge in [-0.25, -0.2) is 0 Å². The van der Waals surface area contributed by atoms with Crippen molar-refractivity contribution in [2.75, 3.05) is 20.2 Å². The molecule has 0 aliphatic carbocycles. The number of ether oxygens (including phenoxy) is 2. The molecule has 1 N–H and O–H groups in total. The van der Waals surface area contributed by atoms with Crippen LogP contribution in [0.1, 0.15) is 19.4 Å². The Bertz CT molecular complexity index is 398. The van der Waals surface area contributed by atoms with Crippen LogP contribution in [0.3, 0.4) is 0 Å². The number of phenolic OH excluding ortho intramolecular Hbond substituents is 1. The van der Waals surface area contributed by atoms with E-state index in [9.17, 15) is 5.11 Å². The van der Waals surface area contributed by atoms with E-state index in [4.69, 9.17) is 9.47 Å². The van der Waals surface area contributed by atoms with E-state index >= 15 is 0 Å². The van der Waals surface area contributed by atoms with Crippen LogP contribution < -0.4 is 4.74 Å². The average molecular weight is 251 g/mol. The Morgan fingerprint density at radius 3 is 2.61 bits per heavy atom. The minimum atomic E-state index is 0.238. The lowest BCUT2D eigenvalue weighted by Gasteiger charge is -2.35. The van der Waals surface area contributed by atoms with Crippen LogP contribution in [0.25, 0.3) is 0 Å². The van der Waals surface area contributed by atoms with E-state index in [1.54, 1.807) is 13.2 Å². The molecule has 1 aliphatic rings. The molecule has 0 radical (unpaired) electrons. The van der Waals surface area contributed by atoms with Gasteiger partial charge < -0.3 is 14.6 Å². The molecule has 1 aromatic rings. The molecule has 4 nitrogen and oxygen atoms in total. The second kappa shape index (κ2) is 5.59. The van der Waals surface area contributed by atoms with E-state index in [0.717, 1.165) is 25.2 Å². The van der Waals surface area contributed by atoms with Crippen LogP contribution in [0.2, 0.25) is 0 Å². The Labute approximate surface area is 108 Å². The van der Waals surface area contributed by atoms with Gasteiger partial charge in [0.2, 0.25) is 0 Å². The number of hydrogen-bond donors (Lipinski definition) is 1. The Morgan fingerprint density at radius 1 is 1.33 bits per heavy atom. The summed E-state index contributed by atoms with van der Waals surface area (Å²) in [6.45, 7) is 6.66. The largest absolute Gasteiger partial charge is 0.504 e. The smallest absolute Gasteiger partial charge is 0.162 e. The third kappa shape index (κ3) is 2.94. The summed E-state index contributed by atoms with van der Waals surface area (Å²) >= 11 is 0. The second-order valence-electron chi connectivity index (χ2n) is 4.92. The number of phenols is 1. The van der Waals surface area contributed by atoms with Gasteiger partial charge >= 0.3 is 0 Å². The van der Waals surface area contributed by atoms with Gasteiger partial charge in [0.1, 0.15) is 0 Å². The molecule has 2 atom stereocenters. The van der Waals surface area contributed by atoms with Crippen molar-refractivity contribution < 1.29 is 14.6 Å². The Balaban J connectivity index is 2.09. The highest BCUT2D eigenvalue weighted by Crippen LogP contribution is 2.30. The second-order valence-corrected chi connectivity index (χ2v) is 4.92. The van der Waals surface area contributed by atoms with Gasteiger partial charge in [0.05, 0.1) is 19.3 Å². The van der Waals surface area contributed by atoms with Crippen LogP contribution in [0.4, 0.5) is 0 Å². The van der Waals surface area contributed by atoms with Gasteiger partial charge in [0.25, 0.3) is 0 Å². The number of hydrogen-bond acceptors (Lipinski definition) is 4. The Morgan fingerprint density at radius 2 is 2.00 bits per heavy atom. The highest BCUT2D eigenvalue weighted by Gasteiger charge is 2.23. The van der Waals surface area contributed by atoms with Crippen molar-refractivity contribution in [1.29, 1.82) is 0 Å². The fourth-order valence-electron chi connectivity index (χ4n) is 2.51. The first-order valence-electron chi connectivity index (χ1n) is 6.32. The first kappa shape index (κ1) is 13.2. The minimum Gasteiger partial charge on any atom is -0.504 e. The number of aromatic hydroxyl groups is 1. The molecule has 1 saturated heterocycles. The number of nitrogens with zero attached hydrogens (tertiary/aromatic N) is 1. The zero-order valence-electron chi connectivity index (χ0n) is 11.2. The van der Waals surface area contributed by atoms with E-state index in [2.05, 4.69) is 18.7 Å². The number of morpholine rings is 1. The summed E-state index contributed by atoms with van der Waals surface area (Å²) in [6, 6.07) is 5.60. The molecule has 1 fully saturated rings. The number of benzene rings is 1. The molecule has 0 bridgehead atoms. The third-order valence-corrected chi connectivity index (χ3v) is 3.19. The monoisotopic (exact) mass is 251 g/mol. The number of rotatable bonds is 3. The van der Waals surface area contributed by atoms with E-state index in [-0.39, 0.29) is 18.0 Å². The molecule has 100 valence electrons. The molecule has 1 heterocycles. The standard InChI is InChI=1S/C14H21NO3/c1-10-7-15(8-11(2)18-10)9-12-5-4-6-13(17-3)14(12)16/h4-6,10-11,16H,7-9H2,1-3H3/t10-,11+. The van der Waals surface area contributed by atoms with Crippen LogP contribution in [0.15, 0.2) is 18.2 Å². The lowest BCUT2D eigenvalue weighted by atomic mass is 10.1. The number of methoxy groups -OCH3 is 1. The van der Waals surface area contributed by atoms with Crippen molar-refractivity contribution in [1.82, 2.24) is 4.90 Å². The zero-order valence-corrected chi connectivity index (χ0v) is 11.2. The van der Waals surface area contributed by atoms with Gasteiger partial charge in [0, 0.05) is 25.2 Å². The fraction of sp³-hybridized carbons (Fsp3) is 0.571. The lowest BCUT2D eigenvalue weighted by Crippen LogP contribution is -2.44. The molecule has 0 amide bonds. The van der Waals surface area contributed by atoms with Crippen LogP contribution in [0, 0.1) is 0 Å². The van der Waals surface area contributed by atoms with Gasteiger partial charge in [-0.15, -0.1) is 0 Å². The summed E-state index contributed by atoms with van der Waals surface area (Å²) in [5, 5.41) is 10.1. The van der Waals surface area contributed by atoms with Gasteiger partial charge in [0.15, 0.2) is 11.5 Å². The normalized spacial score (nSPS) is 25.1. The molecule has 4 heteroatoms. The maximum absolute atomic E-state index is 10.1. The summed E-state index contributed by atoms with van der Waals surface area (Å²) in [5.74, 6) is 0.772. The molecular formula is C14H21NO3. The molecule has 18 heavy (non-hydrogen) atoms. The summed E-state index contributed by atoms with van der Waals surface area (Å²) in [4.78, 5) is 2.30. The average Bonchev–Trinajstić information content (AvgIpc) is 2.30. The highest BCUT2D eigenvalue weighted by molar-refractivity contribution is 5.45. The number of para-hydroxylation sites is 1. The van der Waals surface area contributed by atoms with Crippen molar-refractivity contribution in [2.45, 2.75) is 32.6 Å². The first-order valence-corrected chi connectivity index (χ1v) is 6.32. The third-order valence-electron chi connectivity index (χ3n) is 3.19. The highest BCUT2D eigenvalue weighted by atomic mass is 16.5. The van der Waals surface area contributed by atoms with Crippen molar-refractivity contribution in [3.63, 3.8) is 0 Å². The summed E-state index contributed by atoms with van der Waals surface area (Å²) in [6.07, 6.45) is 0.475. The predicted molar refractivity (Wildman–Crippen MR) is 69.9 cm³/mol. The lowest BCUT2D eigenvalue weighted by molar-refractivity contribution is -0.0706. The predicted octanol–water partition coefficient (Wildman–Crippen LogP) is 2.01. The maximum atomic E-state index is 10.1. The van der Waals surface area contributed by atoms with Gasteiger partial charge in [-0.3, -0.25) is 4.90 Å². The quantitative estimate of drug-likeness (QED) is 0.892. The van der Waals surface area contributed by atoms with Crippen molar-refractivity contribution in [3.8, 4) is 11.5 Å². The molecule has 0 unspecified atom stereocenters. The van der Waals surface area contributed by atoms with Crippen LogP contribution >= 0.6 is 0 Å². The van der Waals surface area contributed by atoms with Crippen molar-refractivity contribution >= 4 is 0 Å². The first-order chi connectivity index (χ1) is 8.60.